The average molecular weight is 221 g/mol. The quantitative estimate of drug-likeness (QED) is 0.816. The predicted octanol–water partition coefficient (Wildman–Crippen LogP) is 1.77. The molecule has 0 unspecified atom stereocenters. The summed E-state index contributed by atoms with van der Waals surface area (Å²) < 4.78 is 0. The predicted molar refractivity (Wildman–Crippen MR) is 60.4 cm³/mol. The minimum Gasteiger partial charge on any atom is -0.465 e. The molecule has 0 bridgehead atoms. The number of anilines is 1. The number of nitrogens with one attached hydrogen (secondary N) is 1. The van der Waals surface area contributed by atoms with Gasteiger partial charge in [0.2, 0.25) is 0 Å². The topological polar surface area (TPSA) is 65.5 Å². The molecule has 0 atom stereocenters. The molecule has 1 fully saturated rings. The second kappa shape index (κ2) is 4.94. The number of carbonyl (C=O) groups is 1. The molecule has 86 valence electrons. The average Bonchev–Trinajstić information content (AvgIpc) is 2.73. The molecule has 0 aromatic carbocycles. The summed E-state index contributed by atoms with van der Waals surface area (Å²) in [4.78, 5) is 16.9. The lowest BCUT2D eigenvalue weighted by atomic mass is 10.2. The van der Waals surface area contributed by atoms with Crippen LogP contribution in [0.15, 0.2) is 18.5 Å². The van der Waals surface area contributed by atoms with E-state index in [-0.39, 0.29) is 0 Å². The van der Waals surface area contributed by atoms with Crippen molar-refractivity contribution in [3.63, 3.8) is 0 Å². The summed E-state index contributed by atoms with van der Waals surface area (Å²) in [7, 11) is 0. The van der Waals surface area contributed by atoms with E-state index in [1.54, 1.807) is 12.4 Å². The van der Waals surface area contributed by atoms with Crippen molar-refractivity contribution in [1.29, 1.82) is 0 Å². The van der Waals surface area contributed by atoms with Crippen LogP contribution in [0.3, 0.4) is 0 Å². The summed E-state index contributed by atoms with van der Waals surface area (Å²) >= 11 is 0. The van der Waals surface area contributed by atoms with E-state index in [1.165, 1.54) is 12.8 Å². The van der Waals surface area contributed by atoms with Crippen LogP contribution in [0.5, 0.6) is 0 Å². The van der Waals surface area contributed by atoms with E-state index in [0.29, 0.717) is 5.69 Å². The minimum atomic E-state index is -1.05. The number of rotatable bonds is 3. The lowest BCUT2D eigenvalue weighted by molar-refractivity contribution is 0.209. The van der Waals surface area contributed by atoms with E-state index in [0.717, 1.165) is 25.2 Å². The third-order valence-electron chi connectivity index (χ3n) is 2.75. The summed E-state index contributed by atoms with van der Waals surface area (Å²) in [5, 5.41) is 11.1. The zero-order valence-corrected chi connectivity index (χ0v) is 9.02. The van der Waals surface area contributed by atoms with Crippen LogP contribution in [0.1, 0.15) is 18.4 Å². The molecule has 1 aromatic heterocycles. The highest BCUT2D eigenvalue weighted by atomic mass is 16.4. The van der Waals surface area contributed by atoms with E-state index >= 15 is 0 Å². The first-order chi connectivity index (χ1) is 7.75. The Morgan fingerprint density at radius 3 is 2.94 bits per heavy atom. The van der Waals surface area contributed by atoms with Crippen molar-refractivity contribution in [2.24, 2.45) is 0 Å². The molecule has 1 aromatic rings. The highest BCUT2D eigenvalue weighted by Gasteiger charge is 2.14. The Morgan fingerprint density at radius 2 is 2.25 bits per heavy atom. The smallest absolute Gasteiger partial charge is 0.409 e. The van der Waals surface area contributed by atoms with Gasteiger partial charge in [0.15, 0.2) is 0 Å². The summed E-state index contributed by atoms with van der Waals surface area (Å²) in [6.07, 6.45) is 4.66. The largest absolute Gasteiger partial charge is 0.465 e. The number of aromatic nitrogens is 1. The lowest BCUT2D eigenvalue weighted by Crippen LogP contribution is -2.20. The van der Waals surface area contributed by atoms with Crippen LogP contribution in [0, 0.1) is 0 Å². The Bertz CT molecular complexity index is 375. The zero-order valence-electron chi connectivity index (χ0n) is 9.02. The maximum atomic E-state index is 10.6. The Hall–Kier alpha value is -1.62. The van der Waals surface area contributed by atoms with Crippen LogP contribution in [0.4, 0.5) is 10.5 Å². The normalized spacial score (nSPS) is 16.2. The molecule has 2 N–H and O–H groups in total. The van der Waals surface area contributed by atoms with Crippen LogP contribution in [0.25, 0.3) is 0 Å². The molecule has 16 heavy (non-hydrogen) atoms. The first-order valence-electron chi connectivity index (χ1n) is 5.41. The third-order valence-corrected chi connectivity index (χ3v) is 2.75. The Morgan fingerprint density at radius 1 is 1.50 bits per heavy atom. The summed E-state index contributed by atoms with van der Waals surface area (Å²) in [6, 6.07) is 1.86. The molecule has 5 nitrogen and oxygen atoms in total. The number of nitrogens with zero attached hydrogens (tertiary/aromatic N) is 2. The highest BCUT2D eigenvalue weighted by Crippen LogP contribution is 2.18. The fourth-order valence-corrected chi connectivity index (χ4v) is 1.97. The summed E-state index contributed by atoms with van der Waals surface area (Å²) in [6.45, 7) is 2.97. The van der Waals surface area contributed by atoms with Gasteiger partial charge in [0.25, 0.3) is 0 Å². The SMILES string of the molecule is O=C(O)Nc1cnccc1CN1CCCC1. The van der Waals surface area contributed by atoms with Crippen molar-refractivity contribution in [2.75, 3.05) is 18.4 Å². The van der Waals surface area contributed by atoms with Crippen molar-refractivity contribution in [3.05, 3.63) is 24.0 Å². The highest BCUT2D eigenvalue weighted by molar-refractivity contribution is 5.83. The van der Waals surface area contributed by atoms with Gasteiger partial charge in [0.05, 0.1) is 11.9 Å². The van der Waals surface area contributed by atoms with Gasteiger partial charge in [-0.1, -0.05) is 0 Å². The number of likely N-dealkylation sites (tertiary alicyclic amines) is 1. The second-order valence-corrected chi connectivity index (χ2v) is 3.95. The molecule has 0 aliphatic carbocycles. The van der Waals surface area contributed by atoms with Gasteiger partial charge in [-0.2, -0.15) is 0 Å². The molecular formula is C11H15N3O2. The van der Waals surface area contributed by atoms with Gasteiger partial charge in [-0.05, 0) is 37.6 Å². The molecule has 0 spiro atoms. The van der Waals surface area contributed by atoms with Crippen LogP contribution in [-0.2, 0) is 6.54 Å². The van der Waals surface area contributed by atoms with E-state index in [1.807, 2.05) is 6.07 Å². The Balaban J connectivity index is 2.09. The number of pyridine rings is 1. The van der Waals surface area contributed by atoms with Crippen LogP contribution < -0.4 is 5.32 Å². The molecule has 1 aliphatic rings. The van der Waals surface area contributed by atoms with Crippen molar-refractivity contribution >= 4 is 11.8 Å². The molecule has 1 aliphatic heterocycles. The molecule has 1 amide bonds. The third kappa shape index (κ3) is 2.70. The lowest BCUT2D eigenvalue weighted by Gasteiger charge is -2.16. The molecule has 0 saturated carbocycles. The van der Waals surface area contributed by atoms with Gasteiger partial charge in [0.1, 0.15) is 0 Å². The Kier molecular flexibility index (Phi) is 3.36. The van der Waals surface area contributed by atoms with Gasteiger partial charge < -0.3 is 5.11 Å². The first kappa shape index (κ1) is 10.9. The maximum absolute atomic E-state index is 10.6. The second-order valence-electron chi connectivity index (χ2n) is 3.95. The molecule has 2 rings (SSSR count). The number of amides is 1. The van der Waals surface area contributed by atoms with Gasteiger partial charge in [-0.15, -0.1) is 0 Å². The minimum absolute atomic E-state index is 0.585. The van der Waals surface area contributed by atoms with Crippen molar-refractivity contribution in [1.82, 2.24) is 9.88 Å². The van der Waals surface area contributed by atoms with E-state index < -0.39 is 6.09 Å². The molecule has 5 heteroatoms. The molecular weight excluding hydrogens is 206 g/mol. The monoisotopic (exact) mass is 221 g/mol. The molecule has 2 heterocycles. The number of hydrogen-bond donors (Lipinski definition) is 2. The van der Waals surface area contributed by atoms with E-state index in [4.69, 9.17) is 5.11 Å². The van der Waals surface area contributed by atoms with E-state index in [2.05, 4.69) is 15.2 Å². The Labute approximate surface area is 94.1 Å². The standard InChI is InChI=1S/C11H15N3O2/c15-11(16)13-10-7-12-4-3-9(10)8-14-5-1-2-6-14/h3-4,7,13H,1-2,5-6,8H2,(H,15,16). The number of carboxylic acid groups (broad SMARTS) is 1. The zero-order chi connectivity index (χ0) is 11.4. The van der Waals surface area contributed by atoms with E-state index in [9.17, 15) is 4.79 Å². The fourth-order valence-electron chi connectivity index (χ4n) is 1.97. The molecule has 0 radical (unpaired) electrons. The fraction of sp³-hybridized carbons (Fsp3) is 0.455. The van der Waals surface area contributed by atoms with Gasteiger partial charge in [-0.25, -0.2) is 4.79 Å². The van der Waals surface area contributed by atoms with Gasteiger partial charge in [-0.3, -0.25) is 15.2 Å². The van der Waals surface area contributed by atoms with Crippen LogP contribution in [-0.4, -0.2) is 34.2 Å². The van der Waals surface area contributed by atoms with Crippen molar-refractivity contribution < 1.29 is 9.90 Å². The summed E-state index contributed by atoms with van der Waals surface area (Å²) in [5.74, 6) is 0. The van der Waals surface area contributed by atoms with Gasteiger partial charge >= 0.3 is 6.09 Å². The molecule has 1 saturated heterocycles. The van der Waals surface area contributed by atoms with Crippen LogP contribution >= 0.6 is 0 Å². The first-order valence-corrected chi connectivity index (χ1v) is 5.41. The van der Waals surface area contributed by atoms with Crippen molar-refractivity contribution in [3.8, 4) is 0 Å². The summed E-state index contributed by atoms with van der Waals surface area (Å²) in [5.41, 5.74) is 1.57. The number of hydrogen-bond acceptors (Lipinski definition) is 3. The van der Waals surface area contributed by atoms with Crippen LogP contribution in [0.2, 0.25) is 0 Å². The van der Waals surface area contributed by atoms with Gasteiger partial charge in [0, 0.05) is 12.7 Å². The maximum Gasteiger partial charge on any atom is 0.409 e. The van der Waals surface area contributed by atoms with Crippen molar-refractivity contribution in [2.45, 2.75) is 19.4 Å².